The number of hydrogen-bond acceptors (Lipinski definition) is 6. The van der Waals surface area contributed by atoms with Crippen LogP contribution >= 0.6 is 0 Å². The van der Waals surface area contributed by atoms with Crippen LogP contribution in [0.3, 0.4) is 0 Å². The van der Waals surface area contributed by atoms with Crippen LogP contribution in [-0.4, -0.2) is 57.3 Å². The average Bonchev–Trinajstić information content (AvgIpc) is 3.53. The standard InChI is InChI=1S/C24H25F3N6O2/c1-35-22-10-3-2-7-18(22)8-5-11-32-15-20(33-16-29-30-31-33)13-21(32)23(34)28-14-17-6-4-9-19(12-17)24(25,26)27/h2-10,12,16,20-21H,11,13-15H2,1H3,(H,28,34)/b8-5+/t20-,21+/m1/s1. The molecule has 1 aromatic heterocycles. The Balaban J connectivity index is 1.45. The average molecular weight is 486 g/mol. The van der Waals surface area contributed by atoms with Crippen molar-refractivity contribution in [1.29, 1.82) is 0 Å². The van der Waals surface area contributed by atoms with Gasteiger partial charge in [0.15, 0.2) is 0 Å². The van der Waals surface area contributed by atoms with Crippen molar-refractivity contribution in [3.05, 3.63) is 77.6 Å². The highest BCUT2D eigenvalue weighted by atomic mass is 19.4. The van der Waals surface area contributed by atoms with Crippen LogP contribution in [0.2, 0.25) is 0 Å². The molecule has 2 aromatic carbocycles. The van der Waals surface area contributed by atoms with E-state index in [0.29, 0.717) is 25.1 Å². The van der Waals surface area contributed by atoms with Crippen molar-refractivity contribution in [2.24, 2.45) is 0 Å². The molecule has 1 N–H and O–H groups in total. The van der Waals surface area contributed by atoms with Gasteiger partial charge in [-0.05, 0) is 40.6 Å². The number of ether oxygens (including phenoxy) is 1. The number of amides is 1. The van der Waals surface area contributed by atoms with E-state index in [9.17, 15) is 18.0 Å². The topological polar surface area (TPSA) is 85.2 Å². The smallest absolute Gasteiger partial charge is 0.416 e. The number of carbonyl (C=O) groups excluding carboxylic acids is 1. The first kappa shape index (κ1) is 24.4. The summed E-state index contributed by atoms with van der Waals surface area (Å²) in [6.45, 7) is 1.03. The Labute approximate surface area is 200 Å². The van der Waals surface area contributed by atoms with Crippen molar-refractivity contribution in [2.75, 3.05) is 20.2 Å². The van der Waals surface area contributed by atoms with Gasteiger partial charge in [0.2, 0.25) is 5.91 Å². The van der Waals surface area contributed by atoms with Crippen LogP contribution in [0, 0.1) is 0 Å². The Morgan fingerprint density at radius 3 is 2.80 bits per heavy atom. The Morgan fingerprint density at radius 2 is 2.06 bits per heavy atom. The van der Waals surface area contributed by atoms with Crippen molar-refractivity contribution in [3.8, 4) is 5.75 Å². The minimum Gasteiger partial charge on any atom is -0.496 e. The van der Waals surface area contributed by atoms with Gasteiger partial charge in [0.25, 0.3) is 0 Å². The Hall–Kier alpha value is -3.73. The summed E-state index contributed by atoms with van der Waals surface area (Å²) in [6.07, 6.45) is 1.43. The largest absolute Gasteiger partial charge is 0.496 e. The SMILES string of the molecule is COc1ccccc1/C=C/CN1C[C@H](n2cnnn2)C[C@H]1C(=O)NCc1cccc(C(F)(F)F)c1. The summed E-state index contributed by atoms with van der Waals surface area (Å²) in [4.78, 5) is 15.1. The lowest BCUT2D eigenvalue weighted by atomic mass is 10.1. The van der Waals surface area contributed by atoms with Gasteiger partial charge in [-0.25, -0.2) is 4.68 Å². The van der Waals surface area contributed by atoms with Crippen molar-refractivity contribution in [2.45, 2.75) is 31.2 Å². The Morgan fingerprint density at radius 1 is 1.23 bits per heavy atom. The predicted octanol–water partition coefficient (Wildman–Crippen LogP) is 3.35. The number of hydrogen-bond donors (Lipinski definition) is 1. The summed E-state index contributed by atoms with van der Waals surface area (Å²) in [6, 6.07) is 12.0. The highest BCUT2D eigenvalue weighted by Gasteiger charge is 2.37. The van der Waals surface area contributed by atoms with E-state index in [4.69, 9.17) is 4.74 Å². The first-order valence-corrected chi connectivity index (χ1v) is 11.0. The number of tetrazole rings is 1. The number of carbonyl (C=O) groups is 1. The molecule has 0 aliphatic carbocycles. The maximum atomic E-state index is 13.1. The summed E-state index contributed by atoms with van der Waals surface area (Å²) in [5, 5.41) is 14.1. The molecule has 11 heteroatoms. The molecule has 0 spiro atoms. The first-order valence-electron chi connectivity index (χ1n) is 11.0. The van der Waals surface area contributed by atoms with Crippen molar-refractivity contribution < 1.29 is 22.7 Å². The molecule has 1 aliphatic rings. The third kappa shape index (κ3) is 6.04. The minimum atomic E-state index is -4.44. The fraction of sp³-hybridized carbons (Fsp3) is 0.333. The number of rotatable bonds is 8. The molecule has 8 nitrogen and oxygen atoms in total. The first-order chi connectivity index (χ1) is 16.8. The van der Waals surface area contributed by atoms with Gasteiger partial charge in [0.1, 0.15) is 12.1 Å². The van der Waals surface area contributed by atoms with Crippen LogP contribution < -0.4 is 10.1 Å². The summed E-state index contributed by atoms with van der Waals surface area (Å²) >= 11 is 0. The molecule has 0 unspecified atom stereocenters. The summed E-state index contributed by atoms with van der Waals surface area (Å²) < 4.78 is 46.0. The van der Waals surface area contributed by atoms with Crippen molar-refractivity contribution in [1.82, 2.24) is 30.4 Å². The molecule has 35 heavy (non-hydrogen) atoms. The Bertz CT molecular complexity index is 1170. The number of halogens is 3. The monoisotopic (exact) mass is 486 g/mol. The zero-order chi connectivity index (χ0) is 24.8. The van der Waals surface area contributed by atoms with E-state index in [1.54, 1.807) is 17.9 Å². The van der Waals surface area contributed by atoms with Gasteiger partial charge in [-0.15, -0.1) is 5.10 Å². The normalized spacial score (nSPS) is 18.7. The molecule has 0 radical (unpaired) electrons. The fourth-order valence-electron chi connectivity index (χ4n) is 4.17. The van der Waals surface area contributed by atoms with Gasteiger partial charge < -0.3 is 10.1 Å². The third-order valence-electron chi connectivity index (χ3n) is 5.92. The van der Waals surface area contributed by atoms with Crippen molar-refractivity contribution >= 4 is 12.0 Å². The molecule has 1 amide bonds. The van der Waals surface area contributed by atoms with E-state index in [-0.39, 0.29) is 18.5 Å². The number of para-hydroxylation sites is 1. The maximum absolute atomic E-state index is 13.1. The number of aromatic nitrogens is 4. The van der Waals surface area contributed by atoms with Crippen LogP contribution in [0.1, 0.15) is 29.2 Å². The molecule has 3 aromatic rings. The Kier molecular flexibility index (Phi) is 7.45. The number of likely N-dealkylation sites (tertiary alicyclic amines) is 1. The number of benzene rings is 2. The molecule has 2 atom stereocenters. The molecule has 0 bridgehead atoms. The minimum absolute atomic E-state index is 0.000303. The van der Waals surface area contributed by atoms with E-state index >= 15 is 0 Å². The molecule has 2 heterocycles. The van der Waals surface area contributed by atoms with Crippen LogP contribution in [0.15, 0.2) is 60.9 Å². The third-order valence-corrected chi connectivity index (χ3v) is 5.92. The van der Waals surface area contributed by atoms with E-state index in [1.165, 1.54) is 12.4 Å². The van der Waals surface area contributed by atoms with Gasteiger partial charge in [0.05, 0.1) is 24.8 Å². The lowest BCUT2D eigenvalue weighted by molar-refractivity contribution is -0.137. The highest BCUT2D eigenvalue weighted by Crippen LogP contribution is 2.30. The van der Waals surface area contributed by atoms with Gasteiger partial charge in [0, 0.05) is 25.2 Å². The number of alkyl halides is 3. The summed E-state index contributed by atoms with van der Waals surface area (Å²) in [7, 11) is 1.61. The van der Waals surface area contributed by atoms with E-state index in [2.05, 4.69) is 20.8 Å². The molecule has 1 fully saturated rings. The highest BCUT2D eigenvalue weighted by molar-refractivity contribution is 5.82. The van der Waals surface area contributed by atoms with Gasteiger partial charge in [-0.2, -0.15) is 13.2 Å². The second kappa shape index (κ2) is 10.7. The lowest BCUT2D eigenvalue weighted by Crippen LogP contribution is -2.43. The molecule has 4 rings (SSSR count). The van der Waals surface area contributed by atoms with Gasteiger partial charge in [-0.3, -0.25) is 9.69 Å². The van der Waals surface area contributed by atoms with Crippen molar-refractivity contribution in [3.63, 3.8) is 0 Å². The lowest BCUT2D eigenvalue weighted by Gasteiger charge is -2.22. The van der Waals surface area contributed by atoms with E-state index < -0.39 is 17.8 Å². The van der Waals surface area contributed by atoms with Crippen LogP contribution in [0.5, 0.6) is 5.75 Å². The number of nitrogens with zero attached hydrogens (tertiary/aromatic N) is 5. The maximum Gasteiger partial charge on any atom is 0.416 e. The summed E-state index contributed by atoms with van der Waals surface area (Å²) in [5.74, 6) is 0.482. The van der Waals surface area contributed by atoms with Gasteiger partial charge in [-0.1, -0.05) is 42.5 Å². The molecule has 1 aliphatic heterocycles. The van der Waals surface area contributed by atoms with Gasteiger partial charge >= 0.3 is 6.18 Å². The molecule has 0 saturated carbocycles. The predicted molar refractivity (Wildman–Crippen MR) is 122 cm³/mol. The molecule has 1 saturated heterocycles. The van der Waals surface area contributed by atoms with Crippen LogP contribution in [0.25, 0.3) is 6.08 Å². The molecule has 184 valence electrons. The second-order valence-electron chi connectivity index (χ2n) is 8.21. The van der Waals surface area contributed by atoms with Crippen LogP contribution in [0.4, 0.5) is 13.2 Å². The zero-order valence-corrected chi connectivity index (χ0v) is 19.0. The quantitative estimate of drug-likeness (QED) is 0.526. The number of methoxy groups -OCH3 is 1. The van der Waals surface area contributed by atoms with E-state index in [1.807, 2.05) is 41.3 Å². The molecular formula is C24H25F3N6O2. The summed E-state index contributed by atoms with van der Waals surface area (Å²) in [5.41, 5.74) is 0.551. The number of nitrogens with one attached hydrogen (secondary N) is 1. The fourth-order valence-corrected chi connectivity index (χ4v) is 4.17. The van der Waals surface area contributed by atoms with E-state index in [0.717, 1.165) is 23.4 Å². The van der Waals surface area contributed by atoms with Crippen LogP contribution in [-0.2, 0) is 17.5 Å². The second-order valence-corrected chi connectivity index (χ2v) is 8.21. The zero-order valence-electron chi connectivity index (χ0n) is 19.0. The molecular weight excluding hydrogens is 461 g/mol.